The van der Waals surface area contributed by atoms with E-state index in [1.165, 1.54) is 35.5 Å². The lowest BCUT2D eigenvalue weighted by Gasteiger charge is -2.08. The molecule has 154 valence electrons. The van der Waals surface area contributed by atoms with Gasteiger partial charge >= 0.3 is 6.18 Å². The number of rotatable bonds is 4. The van der Waals surface area contributed by atoms with Gasteiger partial charge in [0.1, 0.15) is 11.8 Å². The van der Waals surface area contributed by atoms with Gasteiger partial charge in [-0.1, -0.05) is 28.9 Å². The Bertz CT molecular complexity index is 1230. The molecule has 1 aromatic carbocycles. The first-order valence-corrected chi connectivity index (χ1v) is 9.00. The van der Waals surface area contributed by atoms with E-state index in [0.29, 0.717) is 22.2 Å². The van der Waals surface area contributed by atoms with Gasteiger partial charge in [0.2, 0.25) is 0 Å². The lowest BCUT2D eigenvalue weighted by molar-refractivity contribution is -0.137. The fraction of sp³-hybridized carbons (Fsp3) is 0.158. The molecule has 0 aliphatic heterocycles. The number of aromatic nitrogens is 4. The van der Waals surface area contributed by atoms with E-state index in [2.05, 4.69) is 20.6 Å². The number of alkyl halides is 3. The number of anilines is 1. The zero-order valence-corrected chi connectivity index (χ0v) is 16.1. The summed E-state index contributed by atoms with van der Waals surface area (Å²) in [7, 11) is 0. The zero-order valence-electron chi connectivity index (χ0n) is 15.4. The number of hydrogen-bond acceptors (Lipinski definition) is 5. The van der Waals surface area contributed by atoms with Crippen LogP contribution in [0.5, 0.6) is 0 Å². The molecule has 1 N–H and O–H groups in total. The van der Waals surface area contributed by atoms with Crippen LogP contribution in [0.2, 0.25) is 5.02 Å². The summed E-state index contributed by atoms with van der Waals surface area (Å²) in [6.07, 6.45) is -0.270. The number of halogens is 4. The first-order chi connectivity index (χ1) is 14.2. The number of nitrogens with one attached hydrogen (secondary N) is 1. The standard InChI is InChI=1S/C19H13ClF3N5O2/c1-10-13(9-30-27-10)18(29)25-17-16-14(20)6-24-7-15(16)28(26-17)8-11-2-4-12(5-3-11)19(21,22)23/h2-7,9H,8H2,1H3,(H,25,26,29). The van der Waals surface area contributed by atoms with E-state index in [9.17, 15) is 18.0 Å². The Kier molecular flexibility index (Phi) is 4.94. The van der Waals surface area contributed by atoms with Crippen molar-refractivity contribution >= 4 is 34.2 Å². The molecule has 0 saturated heterocycles. The van der Waals surface area contributed by atoms with Gasteiger partial charge in [-0.05, 0) is 24.6 Å². The van der Waals surface area contributed by atoms with Crippen molar-refractivity contribution in [2.45, 2.75) is 19.6 Å². The highest BCUT2D eigenvalue weighted by atomic mass is 35.5. The van der Waals surface area contributed by atoms with Gasteiger partial charge in [-0.25, -0.2) is 0 Å². The predicted octanol–water partition coefficient (Wildman–Crippen LogP) is 4.70. The van der Waals surface area contributed by atoms with Crippen LogP contribution >= 0.6 is 11.6 Å². The van der Waals surface area contributed by atoms with E-state index in [-0.39, 0.29) is 22.9 Å². The van der Waals surface area contributed by atoms with Crippen LogP contribution in [0.25, 0.3) is 10.9 Å². The summed E-state index contributed by atoms with van der Waals surface area (Å²) < 4.78 is 44.6. The van der Waals surface area contributed by atoms with E-state index >= 15 is 0 Å². The molecule has 3 aromatic heterocycles. The molecule has 0 unspecified atom stereocenters. The SMILES string of the molecule is Cc1nocc1C(=O)Nc1nn(Cc2ccc(C(F)(F)F)cc2)c2cncc(Cl)c12. The second-order valence-corrected chi connectivity index (χ2v) is 6.89. The van der Waals surface area contributed by atoms with Gasteiger partial charge in [-0.2, -0.15) is 18.3 Å². The third-order valence-corrected chi connectivity index (χ3v) is 4.74. The van der Waals surface area contributed by atoms with Crippen LogP contribution in [0, 0.1) is 6.92 Å². The Morgan fingerprint density at radius 3 is 2.60 bits per heavy atom. The van der Waals surface area contributed by atoms with Crippen LogP contribution in [0.1, 0.15) is 27.2 Å². The van der Waals surface area contributed by atoms with Gasteiger partial charge in [0.25, 0.3) is 5.91 Å². The maximum atomic E-state index is 12.8. The molecule has 30 heavy (non-hydrogen) atoms. The van der Waals surface area contributed by atoms with E-state index in [1.54, 1.807) is 6.92 Å². The van der Waals surface area contributed by atoms with Crippen molar-refractivity contribution in [2.75, 3.05) is 5.32 Å². The lowest BCUT2D eigenvalue weighted by Crippen LogP contribution is -2.13. The summed E-state index contributed by atoms with van der Waals surface area (Å²) in [5.74, 6) is -0.294. The summed E-state index contributed by atoms with van der Waals surface area (Å²) >= 11 is 6.27. The number of carbonyl (C=O) groups is 1. The van der Waals surface area contributed by atoms with Crippen molar-refractivity contribution in [1.29, 1.82) is 0 Å². The molecular formula is C19H13ClF3N5O2. The van der Waals surface area contributed by atoms with Gasteiger partial charge < -0.3 is 9.84 Å². The van der Waals surface area contributed by atoms with Crippen LogP contribution < -0.4 is 5.32 Å². The van der Waals surface area contributed by atoms with E-state index < -0.39 is 17.6 Å². The van der Waals surface area contributed by atoms with E-state index in [0.717, 1.165) is 12.1 Å². The number of nitrogens with zero attached hydrogens (tertiary/aromatic N) is 4. The van der Waals surface area contributed by atoms with Crippen LogP contribution in [-0.4, -0.2) is 25.8 Å². The molecule has 0 aliphatic carbocycles. The van der Waals surface area contributed by atoms with Crippen molar-refractivity contribution in [3.05, 3.63) is 70.3 Å². The molecule has 0 radical (unpaired) electrons. The highest BCUT2D eigenvalue weighted by Gasteiger charge is 2.30. The summed E-state index contributed by atoms with van der Waals surface area (Å²) in [6.45, 7) is 1.77. The number of hydrogen-bond donors (Lipinski definition) is 1. The Balaban J connectivity index is 1.68. The Morgan fingerprint density at radius 1 is 1.23 bits per heavy atom. The fourth-order valence-electron chi connectivity index (χ4n) is 2.94. The molecule has 11 heteroatoms. The van der Waals surface area contributed by atoms with Gasteiger partial charge in [-0.15, -0.1) is 0 Å². The minimum absolute atomic E-state index is 0.152. The minimum atomic E-state index is -4.41. The number of aryl methyl sites for hydroxylation is 1. The topological polar surface area (TPSA) is 85.8 Å². The molecule has 4 aromatic rings. The van der Waals surface area contributed by atoms with Crippen molar-refractivity contribution in [3.8, 4) is 0 Å². The molecule has 1 amide bonds. The summed E-state index contributed by atoms with van der Waals surface area (Å²) in [6, 6.07) is 4.74. The number of amides is 1. The van der Waals surface area contributed by atoms with Crippen molar-refractivity contribution in [2.24, 2.45) is 0 Å². The highest BCUT2D eigenvalue weighted by molar-refractivity contribution is 6.36. The van der Waals surface area contributed by atoms with Crippen molar-refractivity contribution in [3.63, 3.8) is 0 Å². The predicted molar refractivity (Wildman–Crippen MR) is 102 cm³/mol. The molecule has 7 nitrogen and oxygen atoms in total. The quantitative estimate of drug-likeness (QED) is 0.502. The average molecular weight is 436 g/mol. The average Bonchev–Trinajstić information content (AvgIpc) is 3.26. The largest absolute Gasteiger partial charge is 0.416 e. The van der Waals surface area contributed by atoms with Gasteiger partial charge in [0.05, 0.1) is 39.9 Å². The number of benzene rings is 1. The molecule has 0 atom stereocenters. The van der Waals surface area contributed by atoms with E-state index in [1.807, 2.05) is 0 Å². The lowest BCUT2D eigenvalue weighted by atomic mass is 10.1. The molecule has 0 aliphatic rings. The summed E-state index contributed by atoms with van der Waals surface area (Å²) in [5.41, 5.74) is 1.01. The monoisotopic (exact) mass is 435 g/mol. The molecule has 3 heterocycles. The summed E-state index contributed by atoms with van der Waals surface area (Å²) in [5, 5.41) is 11.4. The molecule has 4 rings (SSSR count). The first kappa shape index (κ1) is 19.9. The molecule has 0 spiro atoms. The molecule has 0 fully saturated rings. The minimum Gasteiger partial charge on any atom is -0.364 e. The number of carbonyl (C=O) groups excluding carboxylic acids is 1. The Labute approximate surface area is 172 Å². The third-order valence-electron chi connectivity index (χ3n) is 4.46. The molecule has 0 bridgehead atoms. The van der Waals surface area contributed by atoms with E-state index in [4.69, 9.17) is 16.1 Å². The second-order valence-electron chi connectivity index (χ2n) is 6.48. The summed E-state index contributed by atoms with van der Waals surface area (Å²) in [4.78, 5) is 16.6. The molecular weight excluding hydrogens is 423 g/mol. The normalized spacial score (nSPS) is 11.8. The zero-order chi connectivity index (χ0) is 21.5. The highest BCUT2D eigenvalue weighted by Crippen LogP contribution is 2.31. The van der Waals surface area contributed by atoms with Crippen LogP contribution in [0.4, 0.5) is 19.0 Å². The Hall–Kier alpha value is -3.40. The van der Waals surface area contributed by atoms with Crippen LogP contribution in [-0.2, 0) is 12.7 Å². The second kappa shape index (κ2) is 7.45. The van der Waals surface area contributed by atoms with Gasteiger partial charge in [0.15, 0.2) is 5.82 Å². The Morgan fingerprint density at radius 2 is 1.97 bits per heavy atom. The molecule has 0 saturated carbocycles. The van der Waals surface area contributed by atoms with Crippen LogP contribution in [0.3, 0.4) is 0 Å². The number of pyridine rings is 1. The van der Waals surface area contributed by atoms with Crippen LogP contribution in [0.15, 0.2) is 47.4 Å². The smallest absolute Gasteiger partial charge is 0.364 e. The fourth-order valence-corrected chi connectivity index (χ4v) is 3.19. The van der Waals surface area contributed by atoms with Gasteiger partial charge in [0, 0.05) is 6.20 Å². The van der Waals surface area contributed by atoms with Gasteiger partial charge in [-0.3, -0.25) is 14.5 Å². The van der Waals surface area contributed by atoms with Crippen molar-refractivity contribution in [1.82, 2.24) is 19.9 Å². The third kappa shape index (κ3) is 3.73. The maximum Gasteiger partial charge on any atom is 0.416 e. The number of fused-ring (bicyclic) bond motifs is 1. The van der Waals surface area contributed by atoms with Crippen molar-refractivity contribution < 1.29 is 22.5 Å². The maximum absolute atomic E-state index is 12.8. The first-order valence-electron chi connectivity index (χ1n) is 8.62.